The van der Waals surface area contributed by atoms with Gasteiger partial charge in [0.05, 0.1) is 0 Å². The first-order chi connectivity index (χ1) is 8.31. The van der Waals surface area contributed by atoms with Crippen LogP contribution in [0, 0.1) is 12.3 Å². The predicted molar refractivity (Wildman–Crippen MR) is 68.6 cm³/mol. The smallest absolute Gasteiger partial charge is 0.242 e. The second-order valence-electron chi connectivity index (χ2n) is 4.16. The van der Waals surface area contributed by atoms with Crippen LogP contribution in [0.1, 0.15) is 18.4 Å². The highest BCUT2D eigenvalue weighted by Crippen LogP contribution is 2.24. The first-order valence-electron chi connectivity index (χ1n) is 5.87. The van der Waals surface area contributed by atoms with E-state index < -0.39 is 0 Å². The van der Waals surface area contributed by atoms with E-state index in [1.54, 1.807) is 0 Å². The summed E-state index contributed by atoms with van der Waals surface area (Å²) in [6.45, 7) is 0.650. The highest BCUT2D eigenvalue weighted by Gasteiger charge is 2.25. The quantitative estimate of drug-likeness (QED) is 0.606. The fraction of sp³-hybridized carbons (Fsp3) is 0.357. The van der Waals surface area contributed by atoms with Gasteiger partial charge >= 0.3 is 0 Å². The van der Waals surface area contributed by atoms with E-state index in [9.17, 15) is 4.79 Å². The number of hydrogen-bond donors (Lipinski definition) is 2. The molecule has 0 fully saturated rings. The molecule has 0 radical (unpaired) electrons. The van der Waals surface area contributed by atoms with E-state index in [-0.39, 0.29) is 11.9 Å². The van der Waals surface area contributed by atoms with Gasteiger partial charge in [-0.25, -0.2) is 0 Å². The average molecular weight is 228 g/mol. The van der Waals surface area contributed by atoms with Crippen LogP contribution in [0.25, 0.3) is 0 Å². The highest BCUT2D eigenvalue weighted by atomic mass is 16.2. The first kappa shape index (κ1) is 11.5. The maximum absolute atomic E-state index is 11.9. The fourth-order valence-corrected chi connectivity index (χ4v) is 1.98. The third-order valence-corrected chi connectivity index (χ3v) is 2.88. The van der Waals surface area contributed by atoms with Crippen molar-refractivity contribution in [2.75, 3.05) is 11.9 Å². The molecule has 1 heterocycles. The van der Waals surface area contributed by atoms with E-state index in [2.05, 4.69) is 16.6 Å². The number of carbonyl (C=O) groups is 1. The predicted octanol–water partition coefficient (Wildman–Crippen LogP) is 1.55. The molecular formula is C14H16N2O. The molecule has 2 N–H and O–H groups in total. The molecule has 0 aliphatic carbocycles. The van der Waals surface area contributed by atoms with E-state index in [0.29, 0.717) is 13.0 Å². The third kappa shape index (κ3) is 2.79. The highest BCUT2D eigenvalue weighted by molar-refractivity contribution is 5.87. The van der Waals surface area contributed by atoms with Gasteiger partial charge in [-0.15, -0.1) is 12.3 Å². The van der Waals surface area contributed by atoms with E-state index in [0.717, 1.165) is 18.5 Å². The lowest BCUT2D eigenvalue weighted by molar-refractivity contribution is -0.121. The summed E-state index contributed by atoms with van der Waals surface area (Å²) in [6.07, 6.45) is 7.45. The number of para-hydroxylation sites is 1. The number of unbranched alkanes of at least 4 members (excludes halogenated alkanes) is 1. The number of hydrogen-bond acceptors (Lipinski definition) is 2. The topological polar surface area (TPSA) is 41.1 Å². The summed E-state index contributed by atoms with van der Waals surface area (Å²) in [7, 11) is 0. The third-order valence-electron chi connectivity index (χ3n) is 2.88. The van der Waals surface area contributed by atoms with Crippen molar-refractivity contribution in [3.63, 3.8) is 0 Å². The number of carbonyl (C=O) groups excluding carboxylic acids is 1. The van der Waals surface area contributed by atoms with Gasteiger partial charge in [0.25, 0.3) is 0 Å². The normalized spacial score (nSPS) is 16.8. The van der Waals surface area contributed by atoms with Crippen LogP contribution in [0.4, 0.5) is 5.69 Å². The average Bonchev–Trinajstić information content (AvgIpc) is 2.78. The summed E-state index contributed by atoms with van der Waals surface area (Å²) in [5, 5.41) is 6.12. The lowest BCUT2D eigenvalue weighted by Gasteiger charge is -2.11. The molecule has 17 heavy (non-hydrogen) atoms. The number of fused-ring (bicyclic) bond motifs is 1. The minimum atomic E-state index is -0.141. The monoisotopic (exact) mass is 228 g/mol. The molecule has 1 amide bonds. The van der Waals surface area contributed by atoms with Gasteiger partial charge < -0.3 is 10.6 Å². The van der Waals surface area contributed by atoms with Crippen LogP contribution in [0.5, 0.6) is 0 Å². The maximum atomic E-state index is 11.9. The van der Waals surface area contributed by atoms with Gasteiger partial charge in [0, 0.05) is 25.1 Å². The SMILES string of the molecule is C#CCCCNC(=O)C1Cc2ccccc2N1. The zero-order chi connectivity index (χ0) is 12.1. The van der Waals surface area contributed by atoms with Gasteiger partial charge in [0.1, 0.15) is 6.04 Å². The number of amides is 1. The summed E-state index contributed by atoms with van der Waals surface area (Å²) >= 11 is 0. The van der Waals surface area contributed by atoms with E-state index in [1.165, 1.54) is 5.56 Å². The molecule has 1 aromatic rings. The summed E-state index contributed by atoms with van der Waals surface area (Å²) < 4.78 is 0. The van der Waals surface area contributed by atoms with Crippen LogP contribution in [0.15, 0.2) is 24.3 Å². The van der Waals surface area contributed by atoms with Crippen molar-refractivity contribution in [1.82, 2.24) is 5.32 Å². The molecule has 2 rings (SSSR count). The minimum Gasteiger partial charge on any atom is -0.373 e. The Balaban J connectivity index is 1.82. The zero-order valence-electron chi connectivity index (χ0n) is 9.70. The van der Waals surface area contributed by atoms with Crippen molar-refractivity contribution in [1.29, 1.82) is 0 Å². The van der Waals surface area contributed by atoms with Gasteiger partial charge in [0.15, 0.2) is 0 Å². The van der Waals surface area contributed by atoms with Gasteiger partial charge in [-0.2, -0.15) is 0 Å². The number of benzene rings is 1. The van der Waals surface area contributed by atoms with Gasteiger partial charge in [-0.05, 0) is 18.1 Å². The van der Waals surface area contributed by atoms with Crippen LogP contribution in [0.2, 0.25) is 0 Å². The fourth-order valence-electron chi connectivity index (χ4n) is 1.98. The second kappa shape index (κ2) is 5.40. The van der Waals surface area contributed by atoms with Crippen molar-refractivity contribution in [3.05, 3.63) is 29.8 Å². The number of nitrogens with one attached hydrogen (secondary N) is 2. The van der Waals surface area contributed by atoms with E-state index in [4.69, 9.17) is 6.42 Å². The number of anilines is 1. The molecule has 0 saturated heterocycles. The van der Waals surface area contributed by atoms with Crippen molar-refractivity contribution >= 4 is 11.6 Å². The van der Waals surface area contributed by atoms with Crippen LogP contribution in [-0.4, -0.2) is 18.5 Å². The van der Waals surface area contributed by atoms with Crippen molar-refractivity contribution < 1.29 is 4.79 Å². The molecular weight excluding hydrogens is 212 g/mol. The van der Waals surface area contributed by atoms with E-state index >= 15 is 0 Å². The standard InChI is InChI=1S/C14H16N2O/c1-2-3-6-9-15-14(17)13-10-11-7-4-5-8-12(11)16-13/h1,4-5,7-8,13,16H,3,6,9-10H2,(H,15,17). The second-order valence-corrected chi connectivity index (χ2v) is 4.16. The van der Waals surface area contributed by atoms with Gasteiger partial charge in [0.2, 0.25) is 5.91 Å². The summed E-state index contributed by atoms with van der Waals surface area (Å²) in [5.74, 6) is 2.61. The Bertz CT molecular complexity index is 423. The number of rotatable bonds is 4. The van der Waals surface area contributed by atoms with Crippen molar-refractivity contribution in [3.8, 4) is 12.3 Å². The van der Waals surface area contributed by atoms with Crippen LogP contribution < -0.4 is 10.6 Å². The Morgan fingerprint density at radius 1 is 1.53 bits per heavy atom. The van der Waals surface area contributed by atoms with Crippen LogP contribution >= 0.6 is 0 Å². The molecule has 0 bridgehead atoms. The Labute approximate surface area is 102 Å². The van der Waals surface area contributed by atoms with Crippen LogP contribution in [0.3, 0.4) is 0 Å². The molecule has 1 aliphatic rings. The summed E-state index contributed by atoms with van der Waals surface area (Å²) in [5.41, 5.74) is 2.27. The van der Waals surface area contributed by atoms with Gasteiger partial charge in [-0.1, -0.05) is 18.2 Å². The summed E-state index contributed by atoms with van der Waals surface area (Å²) in [6, 6.07) is 7.88. The Kier molecular flexibility index (Phi) is 3.66. The molecule has 0 spiro atoms. The first-order valence-corrected chi connectivity index (χ1v) is 5.87. The zero-order valence-corrected chi connectivity index (χ0v) is 9.70. The summed E-state index contributed by atoms with van der Waals surface area (Å²) in [4.78, 5) is 11.9. The largest absolute Gasteiger partial charge is 0.373 e. The van der Waals surface area contributed by atoms with E-state index in [1.807, 2.05) is 24.3 Å². The van der Waals surface area contributed by atoms with Crippen molar-refractivity contribution in [2.24, 2.45) is 0 Å². The Morgan fingerprint density at radius 2 is 2.35 bits per heavy atom. The van der Waals surface area contributed by atoms with Crippen LogP contribution in [-0.2, 0) is 11.2 Å². The van der Waals surface area contributed by atoms with Gasteiger partial charge in [-0.3, -0.25) is 4.79 Å². The Hall–Kier alpha value is -1.95. The molecule has 0 aromatic heterocycles. The lowest BCUT2D eigenvalue weighted by Crippen LogP contribution is -2.38. The molecule has 3 nitrogen and oxygen atoms in total. The lowest BCUT2D eigenvalue weighted by atomic mass is 10.1. The molecule has 1 aliphatic heterocycles. The minimum absolute atomic E-state index is 0.0539. The molecule has 0 saturated carbocycles. The molecule has 1 atom stereocenters. The Morgan fingerprint density at radius 3 is 3.12 bits per heavy atom. The molecule has 1 aromatic carbocycles. The molecule has 88 valence electrons. The molecule has 3 heteroatoms. The number of terminal acetylenes is 1. The van der Waals surface area contributed by atoms with Crippen molar-refractivity contribution in [2.45, 2.75) is 25.3 Å². The molecule has 1 unspecified atom stereocenters. The maximum Gasteiger partial charge on any atom is 0.242 e.